The van der Waals surface area contributed by atoms with Gasteiger partial charge < -0.3 is 0 Å². The van der Waals surface area contributed by atoms with Crippen molar-refractivity contribution in [3.63, 3.8) is 0 Å². The summed E-state index contributed by atoms with van der Waals surface area (Å²) in [6.07, 6.45) is 11.7. The molecule has 0 spiro atoms. The monoisotopic (exact) mass is 106 g/mol. The second kappa shape index (κ2) is 1.48. The van der Waals surface area contributed by atoms with Crippen LogP contribution in [0.15, 0.2) is 24.3 Å². The molecule has 2 aliphatic carbocycles. The topological polar surface area (TPSA) is 0 Å². The molecule has 2 atom stereocenters. The quantitative estimate of drug-likeness (QED) is 0.444. The highest BCUT2D eigenvalue weighted by molar-refractivity contribution is 5.15. The average molecular weight is 106 g/mol. The molecule has 0 N–H and O–H groups in total. The Kier molecular flexibility index (Phi) is 0.806. The van der Waals surface area contributed by atoms with Crippen LogP contribution >= 0.6 is 0 Å². The lowest BCUT2D eigenvalue weighted by Gasteiger charge is -1.81. The first kappa shape index (κ1) is 4.37. The van der Waals surface area contributed by atoms with Gasteiger partial charge in [0.05, 0.1) is 0 Å². The Labute approximate surface area is 49.9 Å². The second-order valence-corrected chi connectivity index (χ2v) is 2.71. The summed E-state index contributed by atoms with van der Waals surface area (Å²) in [7, 11) is 0. The van der Waals surface area contributed by atoms with E-state index in [2.05, 4.69) is 24.3 Å². The summed E-state index contributed by atoms with van der Waals surface area (Å²) in [5.41, 5.74) is 0. The molecule has 0 heterocycles. The molecule has 0 radical (unpaired) electrons. The Morgan fingerprint density at radius 1 is 1.25 bits per heavy atom. The minimum atomic E-state index is 0.949. The van der Waals surface area contributed by atoms with E-state index in [0.717, 1.165) is 11.8 Å². The first-order chi connectivity index (χ1) is 3.97. The molecule has 1 fully saturated rings. The van der Waals surface area contributed by atoms with Crippen molar-refractivity contribution in [2.45, 2.75) is 12.8 Å². The first-order valence-corrected chi connectivity index (χ1v) is 3.30. The molecule has 2 unspecified atom stereocenters. The molecular formula is C8H10. The highest BCUT2D eigenvalue weighted by Crippen LogP contribution is 2.43. The third kappa shape index (κ3) is 0.605. The summed E-state index contributed by atoms with van der Waals surface area (Å²) in [6.45, 7) is 0. The van der Waals surface area contributed by atoms with Crippen molar-refractivity contribution >= 4 is 0 Å². The largest absolute Gasteiger partial charge is 0.0843 e. The van der Waals surface area contributed by atoms with Crippen LogP contribution in [0.25, 0.3) is 0 Å². The maximum atomic E-state index is 2.33. The van der Waals surface area contributed by atoms with E-state index in [9.17, 15) is 0 Å². The van der Waals surface area contributed by atoms with Crippen molar-refractivity contribution in [1.82, 2.24) is 0 Å². The lowest BCUT2D eigenvalue weighted by atomic mass is 10.2. The van der Waals surface area contributed by atoms with Gasteiger partial charge in [-0.15, -0.1) is 0 Å². The minimum absolute atomic E-state index is 0.949. The molecule has 0 aliphatic heterocycles. The molecule has 0 aromatic heterocycles. The number of allylic oxidation sites excluding steroid dienone is 4. The van der Waals surface area contributed by atoms with Gasteiger partial charge in [0.15, 0.2) is 0 Å². The van der Waals surface area contributed by atoms with E-state index in [1.807, 2.05) is 0 Å². The highest BCUT2D eigenvalue weighted by Gasteiger charge is 2.33. The van der Waals surface area contributed by atoms with E-state index in [0.29, 0.717) is 0 Å². The van der Waals surface area contributed by atoms with E-state index in [1.165, 1.54) is 12.8 Å². The fraction of sp³-hybridized carbons (Fsp3) is 0.500. The summed E-state index contributed by atoms with van der Waals surface area (Å²) in [6, 6.07) is 0. The third-order valence-corrected chi connectivity index (χ3v) is 2.02. The van der Waals surface area contributed by atoms with Crippen LogP contribution in [0, 0.1) is 11.8 Å². The molecule has 0 nitrogen and oxygen atoms in total. The van der Waals surface area contributed by atoms with E-state index in [4.69, 9.17) is 0 Å². The Morgan fingerprint density at radius 2 is 2.25 bits per heavy atom. The molecule has 42 valence electrons. The van der Waals surface area contributed by atoms with Crippen LogP contribution in [0.2, 0.25) is 0 Å². The smallest absolute Gasteiger partial charge is 0.0196 e. The molecule has 0 heteroatoms. The molecule has 0 aromatic carbocycles. The second-order valence-electron chi connectivity index (χ2n) is 2.71. The van der Waals surface area contributed by atoms with Gasteiger partial charge in [-0.3, -0.25) is 0 Å². The Bertz CT molecular complexity index is 142. The number of rotatable bonds is 0. The highest BCUT2D eigenvalue weighted by atomic mass is 14.4. The van der Waals surface area contributed by atoms with E-state index >= 15 is 0 Å². The van der Waals surface area contributed by atoms with Crippen LogP contribution in [-0.2, 0) is 0 Å². The van der Waals surface area contributed by atoms with Crippen LogP contribution in [0.1, 0.15) is 12.8 Å². The molecule has 2 aliphatic rings. The van der Waals surface area contributed by atoms with E-state index in [1.54, 1.807) is 0 Å². The standard InChI is InChI=1S/C8H10/c1-2-4-7-6-8(7)5-3-1/h1-4,7-8H,5-6H2. The van der Waals surface area contributed by atoms with E-state index in [-0.39, 0.29) is 0 Å². The summed E-state index contributed by atoms with van der Waals surface area (Å²) in [5.74, 6) is 1.97. The summed E-state index contributed by atoms with van der Waals surface area (Å²) in [5, 5.41) is 0. The third-order valence-electron chi connectivity index (χ3n) is 2.02. The summed E-state index contributed by atoms with van der Waals surface area (Å²) in [4.78, 5) is 0. The molecule has 8 heavy (non-hydrogen) atoms. The average Bonchev–Trinajstić information content (AvgIpc) is 2.36. The van der Waals surface area contributed by atoms with Gasteiger partial charge in [-0.2, -0.15) is 0 Å². The maximum Gasteiger partial charge on any atom is -0.0196 e. The normalized spacial score (nSPS) is 41.0. The van der Waals surface area contributed by atoms with Crippen LogP contribution < -0.4 is 0 Å². The molecule has 0 amide bonds. The Hall–Kier alpha value is -0.520. The number of fused-ring (bicyclic) bond motifs is 1. The zero-order chi connectivity index (χ0) is 5.40. The maximum absolute atomic E-state index is 2.33. The number of hydrogen-bond donors (Lipinski definition) is 0. The van der Waals surface area contributed by atoms with Crippen LogP contribution in [0.5, 0.6) is 0 Å². The zero-order valence-corrected chi connectivity index (χ0v) is 4.88. The van der Waals surface area contributed by atoms with Crippen molar-refractivity contribution in [3.8, 4) is 0 Å². The van der Waals surface area contributed by atoms with Crippen molar-refractivity contribution in [2.24, 2.45) is 11.8 Å². The van der Waals surface area contributed by atoms with Crippen molar-refractivity contribution in [2.75, 3.05) is 0 Å². The molecule has 0 saturated heterocycles. The van der Waals surface area contributed by atoms with Gasteiger partial charge in [-0.05, 0) is 24.7 Å². The lowest BCUT2D eigenvalue weighted by Crippen LogP contribution is -1.70. The SMILES string of the molecule is C1=CCC2CC2C=C1. The van der Waals surface area contributed by atoms with Crippen LogP contribution in [0.4, 0.5) is 0 Å². The van der Waals surface area contributed by atoms with Gasteiger partial charge in [-0.25, -0.2) is 0 Å². The van der Waals surface area contributed by atoms with Gasteiger partial charge >= 0.3 is 0 Å². The Balaban J connectivity index is 2.14. The van der Waals surface area contributed by atoms with Crippen LogP contribution in [-0.4, -0.2) is 0 Å². The predicted octanol–water partition coefficient (Wildman–Crippen LogP) is 2.14. The van der Waals surface area contributed by atoms with Gasteiger partial charge in [0, 0.05) is 0 Å². The van der Waals surface area contributed by atoms with Crippen molar-refractivity contribution < 1.29 is 0 Å². The van der Waals surface area contributed by atoms with Gasteiger partial charge in [0.2, 0.25) is 0 Å². The first-order valence-electron chi connectivity index (χ1n) is 3.30. The van der Waals surface area contributed by atoms with Gasteiger partial charge in [0.25, 0.3) is 0 Å². The number of hydrogen-bond acceptors (Lipinski definition) is 0. The fourth-order valence-electron chi connectivity index (χ4n) is 1.32. The lowest BCUT2D eigenvalue weighted by molar-refractivity contribution is 0.813. The molecule has 0 aromatic rings. The molecular weight excluding hydrogens is 96.1 g/mol. The van der Waals surface area contributed by atoms with Gasteiger partial charge in [-0.1, -0.05) is 24.3 Å². The molecule has 2 rings (SSSR count). The van der Waals surface area contributed by atoms with Crippen LogP contribution in [0.3, 0.4) is 0 Å². The molecule has 0 bridgehead atoms. The van der Waals surface area contributed by atoms with E-state index < -0.39 is 0 Å². The molecule has 1 saturated carbocycles. The van der Waals surface area contributed by atoms with Gasteiger partial charge in [0.1, 0.15) is 0 Å². The van der Waals surface area contributed by atoms with Crippen molar-refractivity contribution in [3.05, 3.63) is 24.3 Å². The zero-order valence-electron chi connectivity index (χ0n) is 4.88. The summed E-state index contributed by atoms with van der Waals surface area (Å²) >= 11 is 0. The minimum Gasteiger partial charge on any atom is -0.0843 e. The summed E-state index contributed by atoms with van der Waals surface area (Å²) < 4.78 is 0. The fourth-order valence-corrected chi connectivity index (χ4v) is 1.32. The van der Waals surface area contributed by atoms with Crippen molar-refractivity contribution in [1.29, 1.82) is 0 Å². The predicted molar refractivity (Wildman–Crippen MR) is 34.5 cm³/mol. The Morgan fingerprint density at radius 3 is 3.25 bits per heavy atom.